The number of halogens is 2. The zero-order chi connectivity index (χ0) is 24.6. The van der Waals surface area contributed by atoms with E-state index in [1.54, 1.807) is 11.6 Å². The lowest BCUT2D eigenvalue weighted by atomic mass is 10.1. The van der Waals surface area contributed by atoms with Gasteiger partial charge in [0.1, 0.15) is 23.1 Å². The Hall–Kier alpha value is -3.96. The minimum atomic E-state index is -1.21. The van der Waals surface area contributed by atoms with E-state index in [0.29, 0.717) is 5.69 Å². The quantitative estimate of drug-likeness (QED) is 0.425. The number of carboxylic acid groups (broad SMARTS) is 1. The van der Waals surface area contributed by atoms with Crippen molar-refractivity contribution in [3.8, 4) is 23.0 Å². The van der Waals surface area contributed by atoms with Crippen LogP contribution in [0.15, 0.2) is 12.1 Å². The maximum absolute atomic E-state index is 14.7. The molecule has 3 aromatic rings. The number of nitrogens with zero attached hydrogens (tertiary/aromatic N) is 4. The molecule has 10 nitrogen and oxygen atoms in total. The number of nitrogen functional groups attached to an aromatic ring is 2. The van der Waals surface area contributed by atoms with E-state index in [9.17, 15) is 13.6 Å². The van der Waals surface area contributed by atoms with Crippen molar-refractivity contribution in [2.45, 2.75) is 39.2 Å². The summed E-state index contributed by atoms with van der Waals surface area (Å²) in [5, 5.41) is 13.3. The van der Waals surface area contributed by atoms with Gasteiger partial charge in [0.2, 0.25) is 5.75 Å². The minimum absolute atomic E-state index is 0.100. The van der Waals surface area contributed by atoms with Crippen molar-refractivity contribution in [2.24, 2.45) is 0 Å². The molecule has 5 N–H and O–H groups in total. The lowest BCUT2D eigenvalue weighted by molar-refractivity contribution is -0.139. The van der Waals surface area contributed by atoms with E-state index in [-0.39, 0.29) is 53.6 Å². The number of carbonyl (C=O) groups is 1. The molecule has 0 bridgehead atoms. The molecule has 4 rings (SSSR count). The van der Waals surface area contributed by atoms with Crippen LogP contribution in [0.5, 0.6) is 11.5 Å². The fourth-order valence-electron chi connectivity index (χ4n) is 3.78. The standard InChI is InChI=1S/C22H24F2N6O4/c1-3-33-12-6-14(23)13(15(24)7-12)8-30-18(11-4-5-11)10(2)17(29-30)22-27-20(25)19(21(26)28-22)34-9-16(31)32/h6-7,11H,3-5,8-9H2,1-2H3,(H,31,32)(H4,25,26,27,28). The van der Waals surface area contributed by atoms with Crippen LogP contribution in [0.2, 0.25) is 0 Å². The molecule has 0 atom stereocenters. The van der Waals surface area contributed by atoms with Gasteiger partial charge in [0.25, 0.3) is 0 Å². The van der Waals surface area contributed by atoms with Gasteiger partial charge in [-0.15, -0.1) is 0 Å². The summed E-state index contributed by atoms with van der Waals surface area (Å²) in [5.74, 6) is -2.68. The number of ether oxygens (including phenoxy) is 2. The van der Waals surface area contributed by atoms with Crippen LogP contribution in [0.4, 0.5) is 20.4 Å². The first kappa shape index (κ1) is 23.2. The van der Waals surface area contributed by atoms with Crippen molar-refractivity contribution in [3.05, 3.63) is 40.6 Å². The molecule has 0 saturated heterocycles. The molecule has 0 amide bonds. The normalized spacial score (nSPS) is 13.2. The Morgan fingerprint density at radius 2 is 1.79 bits per heavy atom. The van der Waals surface area contributed by atoms with Gasteiger partial charge < -0.3 is 26.0 Å². The Balaban J connectivity index is 1.72. The summed E-state index contributed by atoms with van der Waals surface area (Å²) in [6.45, 7) is 3.05. The van der Waals surface area contributed by atoms with Crippen molar-refractivity contribution < 1.29 is 28.2 Å². The Kier molecular flexibility index (Phi) is 6.22. The Morgan fingerprint density at radius 3 is 2.32 bits per heavy atom. The monoisotopic (exact) mass is 474 g/mol. The zero-order valence-corrected chi connectivity index (χ0v) is 18.6. The number of aliphatic carboxylic acids is 1. The number of aromatic nitrogens is 4. The van der Waals surface area contributed by atoms with Gasteiger partial charge in [0.15, 0.2) is 24.1 Å². The number of rotatable bonds is 9. The molecule has 1 fully saturated rings. The van der Waals surface area contributed by atoms with E-state index in [1.807, 2.05) is 6.92 Å². The molecule has 1 saturated carbocycles. The Morgan fingerprint density at radius 1 is 1.18 bits per heavy atom. The molecule has 2 aromatic heterocycles. The van der Waals surface area contributed by atoms with Gasteiger partial charge in [-0.1, -0.05) is 0 Å². The molecule has 1 aliphatic rings. The van der Waals surface area contributed by atoms with Crippen LogP contribution < -0.4 is 20.9 Å². The smallest absolute Gasteiger partial charge is 0.341 e. The average Bonchev–Trinajstić information content (AvgIpc) is 3.53. The highest BCUT2D eigenvalue weighted by molar-refractivity contribution is 5.71. The fourth-order valence-corrected chi connectivity index (χ4v) is 3.78. The lowest BCUT2D eigenvalue weighted by Crippen LogP contribution is -2.13. The Labute approximate surface area is 193 Å². The summed E-state index contributed by atoms with van der Waals surface area (Å²) >= 11 is 0. The molecule has 0 aliphatic heterocycles. The fraction of sp³-hybridized carbons (Fsp3) is 0.364. The molecule has 2 heterocycles. The predicted molar refractivity (Wildman–Crippen MR) is 119 cm³/mol. The molecule has 1 aliphatic carbocycles. The van der Waals surface area contributed by atoms with Crippen LogP contribution >= 0.6 is 0 Å². The maximum atomic E-state index is 14.7. The van der Waals surface area contributed by atoms with Crippen LogP contribution in [-0.2, 0) is 11.3 Å². The molecular formula is C22H24F2N6O4. The summed E-state index contributed by atoms with van der Waals surface area (Å²) < 4.78 is 41.2. The Bertz CT molecular complexity index is 1210. The summed E-state index contributed by atoms with van der Waals surface area (Å²) in [4.78, 5) is 19.1. The number of benzene rings is 1. The summed E-state index contributed by atoms with van der Waals surface area (Å²) in [5.41, 5.74) is 13.6. The van der Waals surface area contributed by atoms with E-state index in [0.717, 1.165) is 36.2 Å². The third kappa shape index (κ3) is 4.56. The number of anilines is 2. The molecular weight excluding hydrogens is 450 g/mol. The number of carboxylic acids is 1. The molecule has 0 spiro atoms. The second kappa shape index (κ2) is 9.12. The topological polar surface area (TPSA) is 151 Å². The van der Waals surface area contributed by atoms with Gasteiger partial charge in [-0.3, -0.25) is 4.68 Å². The number of nitrogens with two attached hydrogens (primary N) is 2. The van der Waals surface area contributed by atoms with Crippen LogP contribution in [0, 0.1) is 18.6 Å². The number of hydrogen-bond donors (Lipinski definition) is 3. The van der Waals surface area contributed by atoms with E-state index in [1.165, 1.54) is 0 Å². The van der Waals surface area contributed by atoms with E-state index >= 15 is 0 Å². The van der Waals surface area contributed by atoms with Crippen LogP contribution in [-0.4, -0.2) is 44.0 Å². The van der Waals surface area contributed by atoms with E-state index in [4.69, 9.17) is 26.0 Å². The van der Waals surface area contributed by atoms with Crippen molar-refractivity contribution in [2.75, 3.05) is 24.7 Å². The first-order valence-electron chi connectivity index (χ1n) is 10.7. The molecule has 12 heteroatoms. The zero-order valence-electron chi connectivity index (χ0n) is 18.6. The highest BCUT2D eigenvalue weighted by Crippen LogP contribution is 2.44. The minimum Gasteiger partial charge on any atom is -0.494 e. The first-order chi connectivity index (χ1) is 16.2. The average molecular weight is 474 g/mol. The van der Waals surface area contributed by atoms with Gasteiger partial charge >= 0.3 is 5.97 Å². The largest absolute Gasteiger partial charge is 0.494 e. The van der Waals surface area contributed by atoms with Gasteiger partial charge in [-0.2, -0.15) is 5.10 Å². The van der Waals surface area contributed by atoms with Crippen molar-refractivity contribution in [1.29, 1.82) is 0 Å². The molecule has 180 valence electrons. The molecule has 1 aromatic carbocycles. The third-order valence-corrected chi connectivity index (χ3v) is 5.41. The van der Waals surface area contributed by atoms with Crippen molar-refractivity contribution >= 4 is 17.6 Å². The van der Waals surface area contributed by atoms with Gasteiger partial charge in [-0.05, 0) is 26.7 Å². The molecule has 0 unspecified atom stereocenters. The third-order valence-electron chi connectivity index (χ3n) is 5.41. The summed E-state index contributed by atoms with van der Waals surface area (Å²) in [6.07, 6.45) is 1.85. The van der Waals surface area contributed by atoms with Crippen molar-refractivity contribution in [3.63, 3.8) is 0 Å². The van der Waals surface area contributed by atoms with Gasteiger partial charge in [-0.25, -0.2) is 23.5 Å². The van der Waals surface area contributed by atoms with E-state index < -0.39 is 24.2 Å². The second-order valence-corrected chi connectivity index (χ2v) is 7.92. The van der Waals surface area contributed by atoms with Crippen LogP contribution in [0.1, 0.15) is 42.5 Å². The number of hydrogen-bond acceptors (Lipinski definition) is 8. The SMILES string of the molecule is CCOc1cc(F)c(Cn2nc(-c3nc(N)c(OCC(=O)O)c(N)n3)c(C)c2C2CC2)c(F)c1. The second-order valence-electron chi connectivity index (χ2n) is 7.92. The first-order valence-corrected chi connectivity index (χ1v) is 10.7. The molecule has 0 radical (unpaired) electrons. The van der Waals surface area contributed by atoms with Crippen LogP contribution in [0.3, 0.4) is 0 Å². The maximum Gasteiger partial charge on any atom is 0.341 e. The summed E-state index contributed by atoms with van der Waals surface area (Å²) in [6, 6.07) is 2.30. The van der Waals surface area contributed by atoms with Crippen LogP contribution in [0.25, 0.3) is 11.5 Å². The van der Waals surface area contributed by atoms with Gasteiger partial charge in [0.05, 0.1) is 13.2 Å². The van der Waals surface area contributed by atoms with Gasteiger partial charge in [0, 0.05) is 34.9 Å². The van der Waals surface area contributed by atoms with E-state index in [2.05, 4.69) is 15.1 Å². The highest BCUT2D eigenvalue weighted by Gasteiger charge is 2.32. The highest BCUT2D eigenvalue weighted by atomic mass is 19.1. The lowest BCUT2D eigenvalue weighted by Gasteiger charge is -2.11. The summed E-state index contributed by atoms with van der Waals surface area (Å²) in [7, 11) is 0. The predicted octanol–water partition coefficient (Wildman–Crippen LogP) is 2.88. The van der Waals surface area contributed by atoms with Crippen molar-refractivity contribution in [1.82, 2.24) is 19.7 Å². The molecule has 34 heavy (non-hydrogen) atoms.